The molecule has 1 heterocycles. The normalized spacial score (nSPS) is 8.83. The van der Waals surface area contributed by atoms with Crippen molar-refractivity contribution in [2.45, 2.75) is 0 Å². The van der Waals surface area contributed by atoms with E-state index in [0.29, 0.717) is 0 Å². The third-order valence-electron chi connectivity index (χ3n) is 0.402. The number of hydrogen-bond acceptors (Lipinski definition) is 2. The Balaban J connectivity index is 3.05. The average Bonchev–Trinajstić information content (AvgIpc) is 1.86. The number of hydrogen-bond donors (Lipinski definition) is 1. The molecule has 0 spiro atoms. The Labute approximate surface area is 43.7 Å². The van der Waals surface area contributed by atoms with Crippen LogP contribution in [0.25, 0.3) is 0 Å². The number of rotatable bonds is 0. The van der Waals surface area contributed by atoms with Crippen LogP contribution in [0.15, 0.2) is 6.33 Å². The molecule has 1 rings (SSSR count). The topological polar surface area (TPSA) is 41.6 Å². The Bertz CT molecular complexity index is 112. The van der Waals surface area contributed by atoms with E-state index in [1.165, 1.54) is 6.33 Å². The maximum atomic E-state index is 3.72. The first-order valence-electron chi connectivity index (χ1n) is 1.44. The van der Waals surface area contributed by atoms with E-state index < -0.39 is 0 Å². The van der Waals surface area contributed by atoms with Crippen molar-refractivity contribution in [2.24, 2.45) is 0 Å². The van der Waals surface area contributed by atoms with E-state index in [4.69, 9.17) is 0 Å². The van der Waals surface area contributed by atoms with E-state index in [0.717, 1.165) is 4.61 Å². The van der Waals surface area contributed by atoms with E-state index >= 15 is 0 Å². The van der Waals surface area contributed by atoms with Crippen LogP contribution in [0.1, 0.15) is 0 Å². The number of H-pyrrole nitrogens is 1. The van der Waals surface area contributed by atoms with E-state index in [1.54, 1.807) is 0 Å². The molecular formula is C2H2AsN3. The minimum atomic E-state index is 0.794. The molecular weight excluding hydrogens is 141 g/mol. The zero-order chi connectivity index (χ0) is 4.41. The third-order valence-corrected chi connectivity index (χ3v) is 0.854. The van der Waals surface area contributed by atoms with Crippen molar-refractivity contribution in [1.82, 2.24) is 15.2 Å². The Morgan fingerprint density at radius 1 is 1.83 bits per heavy atom. The predicted octanol–water partition coefficient (Wildman–Crippen LogP) is -1.40. The van der Waals surface area contributed by atoms with Gasteiger partial charge in [-0.25, -0.2) is 0 Å². The van der Waals surface area contributed by atoms with Crippen LogP contribution in [0.3, 0.4) is 0 Å². The van der Waals surface area contributed by atoms with Gasteiger partial charge in [0.15, 0.2) is 0 Å². The molecule has 0 unspecified atom stereocenters. The van der Waals surface area contributed by atoms with Crippen molar-refractivity contribution in [2.75, 3.05) is 0 Å². The van der Waals surface area contributed by atoms with Gasteiger partial charge >= 0.3 is 43.0 Å². The molecule has 6 heavy (non-hydrogen) atoms. The summed E-state index contributed by atoms with van der Waals surface area (Å²) in [6.45, 7) is 0. The van der Waals surface area contributed by atoms with Crippen LogP contribution < -0.4 is 4.61 Å². The fourth-order valence-electron chi connectivity index (χ4n) is 0.199. The van der Waals surface area contributed by atoms with Gasteiger partial charge in [-0.3, -0.25) is 0 Å². The van der Waals surface area contributed by atoms with E-state index in [-0.39, 0.29) is 0 Å². The van der Waals surface area contributed by atoms with Gasteiger partial charge in [-0.2, -0.15) is 0 Å². The molecule has 0 saturated heterocycles. The molecule has 0 saturated carbocycles. The average molecular weight is 143 g/mol. The molecule has 0 amide bonds. The predicted molar refractivity (Wildman–Crippen MR) is 21.8 cm³/mol. The summed E-state index contributed by atoms with van der Waals surface area (Å²) in [7, 11) is 0. The summed E-state index contributed by atoms with van der Waals surface area (Å²) in [5.74, 6) is 0. The molecule has 0 aliphatic heterocycles. The van der Waals surface area contributed by atoms with E-state index in [1.807, 2.05) is 0 Å². The second kappa shape index (κ2) is 1.43. The molecule has 0 atom stereocenters. The van der Waals surface area contributed by atoms with Crippen LogP contribution in [0.5, 0.6) is 0 Å². The standard InChI is InChI=1S/C2H2AsN3/c3-2-4-1-5-6-2/h1H,(H,4,5,6). The SMILES string of the molecule is [As]c1ncn[nH]1. The maximum absolute atomic E-state index is 3.72. The van der Waals surface area contributed by atoms with Crippen molar-refractivity contribution in [3.8, 4) is 0 Å². The van der Waals surface area contributed by atoms with Crippen LogP contribution in [-0.4, -0.2) is 32.0 Å². The van der Waals surface area contributed by atoms with Crippen molar-refractivity contribution in [1.29, 1.82) is 0 Å². The van der Waals surface area contributed by atoms with Gasteiger partial charge in [-0.05, 0) is 0 Å². The fraction of sp³-hybridized carbons (Fsp3) is 0. The van der Waals surface area contributed by atoms with Gasteiger partial charge in [-0.15, -0.1) is 0 Å². The van der Waals surface area contributed by atoms with Crippen molar-refractivity contribution in [3.63, 3.8) is 0 Å². The molecule has 4 heteroatoms. The summed E-state index contributed by atoms with van der Waals surface area (Å²) in [5.41, 5.74) is 0. The molecule has 0 bridgehead atoms. The Kier molecular flexibility index (Phi) is 0.925. The van der Waals surface area contributed by atoms with E-state index in [2.05, 4.69) is 32.0 Å². The van der Waals surface area contributed by atoms with Gasteiger partial charge < -0.3 is 0 Å². The number of aromatic nitrogens is 3. The molecule has 1 N–H and O–H groups in total. The van der Waals surface area contributed by atoms with Crippen molar-refractivity contribution >= 4 is 21.5 Å². The van der Waals surface area contributed by atoms with Gasteiger partial charge in [0.2, 0.25) is 0 Å². The van der Waals surface area contributed by atoms with Gasteiger partial charge in [0.1, 0.15) is 0 Å². The summed E-state index contributed by atoms with van der Waals surface area (Å²) in [6.07, 6.45) is 1.47. The first kappa shape index (κ1) is 3.87. The summed E-state index contributed by atoms with van der Waals surface area (Å²) < 4.78 is 0.794. The Hall–Kier alpha value is -0.302. The van der Waals surface area contributed by atoms with Gasteiger partial charge in [0.05, 0.1) is 0 Å². The van der Waals surface area contributed by atoms with Crippen LogP contribution >= 0.6 is 0 Å². The van der Waals surface area contributed by atoms with Gasteiger partial charge in [0.25, 0.3) is 0 Å². The number of aromatic amines is 1. The number of nitrogens with one attached hydrogen (secondary N) is 1. The molecule has 0 fully saturated rings. The quantitative estimate of drug-likeness (QED) is 0.453. The molecule has 0 aliphatic rings. The Morgan fingerprint density at radius 2 is 2.67 bits per heavy atom. The molecule has 30 valence electrons. The van der Waals surface area contributed by atoms with Crippen molar-refractivity contribution < 1.29 is 0 Å². The Morgan fingerprint density at radius 3 is 2.83 bits per heavy atom. The summed E-state index contributed by atoms with van der Waals surface area (Å²) in [4.78, 5) is 3.72. The van der Waals surface area contributed by atoms with E-state index in [9.17, 15) is 0 Å². The van der Waals surface area contributed by atoms with Gasteiger partial charge in [-0.1, -0.05) is 0 Å². The van der Waals surface area contributed by atoms with Crippen LogP contribution in [0.2, 0.25) is 0 Å². The second-order valence-electron chi connectivity index (χ2n) is 0.809. The number of nitrogens with zero attached hydrogens (tertiary/aromatic N) is 2. The molecule has 0 aromatic carbocycles. The van der Waals surface area contributed by atoms with Gasteiger partial charge in [0, 0.05) is 0 Å². The molecule has 3 nitrogen and oxygen atoms in total. The minimum absolute atomic E-state index is 0.794. The molecule has 1 aromatic heterocycles. The molecule has 2 radical (unpaired) electrons. The first-order valence-corrected chi connectivity index (χ1v) is 2.38. The van der Waals surface area contributed by atoms with Crippen LogP contribution in [0.4, 0.5) is 0 Å². The zero-order valence-corrected chi connectivity index (χ0v) is 4.80. The molecule has 0 aliphatic carbocycles. The van der Waals surface area contributed by atoms with Crippen LogP contribution in [-0.2, 0) is 0 Å². The van der Waals surface area contributed by atoms with Crippen molar-refractivity contribution in [3.05, 3.63) is 6.33 Å². The summed E-state index contributed by atoms with van der Waals surface area (Å²) >= 11 is 2.25. The third kappa shape index (κ3) is 0.600. The monoisotopic (exact) mass is 143 g/mol. The fourth-order valence-corrected chi connectivity index (χ4v) is 0.429. The summed E-state index contributed by atoms with van der Waals surface area (Å²) in [6, 6.07) is 0. The molecule has 1 aromatic rings. The zero-order valence-electron chi connectivity index (χ0n) is 2.92. The first-order chi connectivity index (χ1) is 2.89. The summed E-state index contributed by atoms with van der Waals surface area (Å²) in [5, 5.41) is 6.18. The van der Waals surface area contributed by atoms with Crippen LogP contribution in [0, 0.1) is 0 Å². The second-order valence-corrected chi connectivity index (χ2v) is 1.70.